The summed E-state index contributed by atoms with van der Waals surface area (Å²) in [5.74, 6) is 2.43. The lowest BCUT2D eigenvalue weighted by atomic mass is 9.73. The van der Waals surface area contributed by atoms with E-state index in [4.69, 9.17) is 14.2 Å². The van der Waals surface area contributed by atoms with Crippen molar-refractivity contribution in [3.05, 3.63) is 53.6 Å². The molecule has 2 unspecified atom stereocenters. The van der Waals surface area contributed by atoms with E-state index in [0.29, 0.717) is 6.61 Å². The predicted octanol–water partition coefficient (Wildman–Crippen LogP) is 10.4. The zero-order valence-corrected chi connectivity index (χ0v) is 27.7. The first-order chi connectivity index (χ1) is 21.0. The van der Waals surface area contributed by atoms with Gasteiger partial charge in [-0.15, -0.1) is 0 Å². The summed E-state index contributed by atoms with van der Waals surface area (Å²) in [5.41, 5.74) is 1.71. The summed E-state index contributed by atoms with van der Waals surface area (Å²) in [6.07, 6.45) is 18.1. The number of aryl methyl sites for hydroxylation is 1. The molecular weight excluding hydrogens is 534 g/mol. The van der Waals surface area contributed by atoms with Crippen molar-refractivity contribution >= 4 is 0 Å². The average Bonchev–Trinajstić information content (AvgIpc) is 3.03. The minimum absolute atomic E-state index is 0.102. The van der Waals surface area contributed by atoms with Gasteiger partial charge < -0.3 is 14.2 Å². The monoisotopic (exact) mass is 591 g/mol. The third-order valence-electron chi connectivity index (χ3n) is 8.47. The summed E-state index contributed by atoms with van der Waals surface area (Å²) in [7, 11) is 5.09. The number of nitriles is 1. The molecule has 0 N–H and O–H groups in total. The average molecular weight is 592 g/mol. The second-order valence-electron chi connectivity index (χ2n) is 11.7. The minimum Gasteiger partial charge on any atom is -0.497 e. The molecule has 0 bridgehead atoms. The lowest BCUT2D eigenvalue weighted by Gasteiger charge is -2.28. The molecule has 0 spiro atoms. The molecule has 6 heteroatoms. The molecule has 2 aromatic rings. The zero-order valence-electron chi connectivity index (χ0n) is 27.7. The fraction of sp³-hybridized carbons (Fsp3) is 0.649. The molecule has 0 saturated carbocycles. The van der Waals surface area contributed by atoms with Gasteiger partial charge in [0.2, 0.25) is 0 Å². The Hall–Kier alpha value is -3.07. The lowest BCUT2D eigenvalue weighted by Crippen LogP contribution is -2.25. The van der Waals surface area contributed by atoms with Crippen molar-refractivity contribution in [2.75, 3.05) is 27.9 Å². The highest BCUT2D eigenvalue weighted by molar-refractivity contribution is 5.39. The molecule has 43 heavy (non-hydrogen) atoms. The van der Waals surface area contributed by atoms with Crippen LogP contribution in [0, 0.1) is 11.3 Å². The molecule has 0 aliphatic carbocycles. The van der Waals surface area contributed by atoms with Crippen molar-refractivity contribution in [1.29, 1.82) is 5.26 Å². The van der Waals surface area contributed by atoms with Crippen LogP contribution in [0.15, 0.2) is 52.7 Å². The van der Waals surface area contributed by atoms with E-state index in [-0.39, 0.29) is 6.04 Å². The molecule has 238 valence electrons. The first-order valence-corrected chi connectivity index (χ1v) is 16.7. The summed E-state index contributed by atoms with van der Waals surface area (Å²) in [6, 6.07) is 17.1. The van der Waals surface area contributed by atoms with Gasteiger partial charge in [0.15, 0.2) is 0 Å². The van der Waals surface area contributed by atoms with Gasteiger partial charge in [0, 0.05) is 13.1 Å². The van der Waals surface area contributed by atoms with Gasteiger partial charge in [-0.1, -0.05) is 83.3 Å². The number of nitrogens with zero attached hydrogens (tertiary/aromatic N) is 3. The summed E-state index contributed by atoms with van der Waals surface area (Å²) in [6.45, 7) is 4.88. The highest BCUT2D eigenvalue weighted by Gasteiger charge is 2.32. The van der Waals surface area contributed by atoms with E-state index >= 15 is 0 Å². The summed E-state index contributed by atoms with van der Waals surface area (Å²) in [5, 5.41) is 19.4. The van der Waals surface area contributed by atoms with E-state index < -0.39 is 5.41 Å². The number of hydrogen-bond acceptors (Lipinski definition) is 6. The van der Waals surface area contributed by atoms with Crippen LogP contribution in [0.2, 0.25) is 0 Å². The number of azo groups is 1. The maximum Gasteiger partial charge on any atom is 0.122 e. The maximum absolute atomic E-state index is 10.7. The van der Waals surface area contributed by atoms with Gasteiger partial charge in [-0.3, -0.25) is 0 Å². The minimum atomic E-state index is -0.526. The van der Waals surface area contributed by atoms with Crippen molar-refractivity contribution in [1.82, 2.24) is 0 Å². The molecule has 0 fully saturated rings. The molecule has 0 amide bonds. The van der Waals surface area contributed by atoms with Crippen LogP contribution in [0.3, 0.4) is 0 Å². The van der Waals surface area contributed by atoms with E-state index in [9.17, 15) is 5.26 Å². The molecule has 0 radical (unpaired) electrons. The van der Waals surface area contributed by atoms with Gasteiger partial charge in [0.05, 0.1) is 38.4 Å². The normalized spacial score (nSPS) is 13.4. The van der Waals surface area contributed by atoms with Crippen molar-refractivity contribution in [2.24, 2.45) is 10.2 Å². The molecule has 0 aliphatic heterocycles. The van der Waals surface area contributed by atoms with Crippen LogP contribution in [0.4, 0.5) is 0 Å². The highest BCUT2D eigenvalue weighted by atomic mass is 16.5. The van der Waals surface area contributed by atoms with Crippen LogP contribution in [-0.4, -0.2) is 33.9 Å². The first-order valence-electron chi connectivity index (χ1n) is 16.7. The van der Waals surface area contributed by atoms with Gasteiger partial charge in [0.1, 0.15) is 17.2 Å². The fourth-order valence-electron chi connectivity index (χ4n) is 5.96. The highest BCUT2D eigenvalue weighted by Crippen LogP contribution is 2.37. The maximum atomic E-state index is 10.7. The number of hydrogen-bond donors (Lipinski definition) is 0. The van der Waals surface area contributed by atoms with Crippen LogP contribution in [0.1, 0.15) is 121 Å². The smallest absolute Gasteiger partial charge is 0.122 e. The predicted molar refractivity (Wildman–Crippen MR) is 178 cm³/mol. The van der Waals surface area contributed by atoms with E-state index in [0.717, 1.165) is 73.3 Å². The summed E-state index contributed by atoms with van der Waals surface area (Å²) >= 11 is 0. The molecule has 0 heterocycles. The Labute approximate surface area is 262 Å². The van der Waals surface area contributed by atoms with Crippen LogP contribution >= 0.6 is 0 Å². The molecule has 2 aromatic carbocycles. The first kappa shape index (κ1) is 36.1. The Morgan fingerprint density at radius 3 is 1.98 bits per heavy atom. The molecule has 0 aliphatic rings. The Balaban J connectivity index is 2.02. The second-order valence-corrected chi connectivity index (χ2v) is 11.7. The fourth-order valence-corrected chi connectivity index (χ4v) is 5.96. The van der Waals surface area contributed by atoms with Gasteiger partial charge in [-0.2, -0.15) is 15.5 Å². The number of methoxy groups -OCH3 is 2. The van der Waals surface area contributed by atoms with Crippen molar-refractivity contribution in [2.45, 2.75) is 128 Å². The summed E-state index contributed by atoms with van der Waals surface area (Å²) in [4.78, 5) is 0. The van der Waals surface area contributed by atoms with Gasteiger partial charge in [-0.25, -0.2) is 0 Å². The molecule has 0 saturated heterocycles. The lowest BCUT2D eigenvalue weighted by molar-refractivity contribution is 0.337. The quantitative estimate of drug-likeness (QED) is 0.0899. The van der Waals surface area contributed by atoms with E-state index in [1.807, 2.05) is 25.1 Å². The van der Waals surface area contributed by atoms with Crippen LogP contribution in [-0.2, 0) is 11.8 Å². The third-order valence-corrected chi connectivity index (χ3v) is 8.47. The van der Waals surface area contributed by atoms with Crippen LogP contribution < -0.4 is 14.2 Å². The van der Waals surface area contributed by atoms with Crippen molar-refractivity contribution in [3.63, 3.8) is 0 Å². The van der Waals surface area contributed by atoms with E-state index in [1.54, 1.807) is 21.3 Å². The Morgan fingerprint density at radius 1 is 0.767 bits per heavy atom. The summed E-state index contributed by atoms with van der Waals surface area (Å²) < 4.78 is 16.7. The SMILES string of the molecule is CCCCCCCCCCCCC(C#N)(CCCC(CCc1cc(OC)cc(OC)c1)N=NC)c1cccc(OCC)c1. The third kappa shape index (κ3) is 13.4. The standard InChI is InChI=1S/C37H57N3O3/c1-6-8-9-10-11-12-13-14-15-16-24-37(30-38,32-19-17-21-34(28-32)43-7-2)25-18-20-33(40-39-3)23-22-31-26-35(41-4)29-36(27-31)42-5/h17,19,21,26-29,33H,6-16,18,20,22-25H2,1-5H3. The number of rotatable bonds is 24. The number of ether oxygens (including phenoxy) is 3. The largest absolute Gasteiger partial charge is 0.497 e. The van der Waals surface area contributed by atoms with Crippen LogP contribution in [0.5, 0.6) is 17.2 Å². The van der Waals surface area contributed by atoms with E-state index in [2.05, 4.69) is 47.5 Å². The van der Waals surface area contributed by atoms with Crippen molar-refractivity contribution in [3.8, 4) is 23.3 Å². The number of benzene rings is 2. The molecule has 2 rings (SSSR count). The Bertz CT molecular complexity index is 1070. The molecule has 0 aromatic heterocycles. The van der Waals surface area contributed by atoms with Crippen LogP contribution in [0.25, 0.3) is 0 Å². The molecule has 2 atom stereocenters. The topological polar surface area (TPSA) is 76.2 Å². The van der Waals surface area contributed by atoms with E-state index in [1.165, 1.54) is 57.8 Å². The zero-order chi connectivity index (χ0) is 31.2. The van der Waals surface area contributed by atoms with Gasteiger partial charge in [0.25, 0.3) is 0 Å². The molecular formula is C37H57N3O3. The number of unbranched alkanes of at least 4 members (excludes halogenated alkanes) is 9. The van der Waals surface area contributed by atoms with Crippen molar-refractivity contribution < 1.29 is 14.2 Å². The Kier molecular flexibility index (Phi) is 18.1. The van der Waals surface area contributed by atoms with Gasteiger partial charge >= 0.3 is 0 Å². The Morgan fingerprint density at radius 2 is 1.40 bits per heavy atom. The molecule has 6 nitrogen and oxygen atoms in total. The second kappa shape index (κ2) is 21.6. The van der Waals surface area contributed by atoms with Gasteiger partial charge in [-0.05, 0) is 80.8 Å².